The SMILES string of the molecule is C=C1C(N)=CC(C)=C(c2ccccc2)N1NC. The van der Waals surface area contributed by atoms with Crippen molar-refractivity contribution in [2.45, 2.75) is 6.92 Å². The molecule has 0 amide bonds. The van der Waals surface area contributed by atoms with Gasteiger partial charge in [0, 0.05) is 7.05 Å². The maximum Gasteiger partial charge on any atom is 0.0735 e. The van der Waals surface area contributed by atoms with E-state index in [2.05, 4.69) is 24.1 Å². The Morgan fingerprint density at radius 2 is 1.88 bits per heavy atom. The largest absolute Gasteiger partial charge is 0.397 e. The third-order valence-corrected chi connectivity index (χ3v) is 2.84. The number of nitrogens with zero attached hydrogens (tertiary/aromatic N) is 1. The highest BCUT2D eigenvalue weighted by Gasteiger charge is 2.21. The Balaban J connectivity index is 2.56. The van der Waals surface area contributed by atoms with E-state index in [0.29, 0.717) is 5.70 Å². The number of rotatable bonds is 2. The molecule has 0 aliphatic carbocycles. The van der Waals surface area contributed by atoms with Crippen molar-refractivity contribution >= 4 is 5.70 Å². The molecule has 0 aromatic heterocycles. The van der Waals surface area contributed by atoms with Gasteiger partial charge in [0.25, 0.3) is 0 Å². The summed E-state index contributed by atoms with van der Waals surface area (Å²) < 4.78 is 0. The Morgan fingerprint density at radius 1 is 1.24 bits per heavy atom. The molecule has 0 atom stereocenters. The van der Waals surface area contributed by atoms with Gasteiger partial charge < -0.3 is 5.73 Å². The first kappa shape index (κ1) is 11.5. The number of hydrogen-bond acceptors (Lipinski definition) is 3. The van der Waals surface area contributed by atoms with Crippen LogP contribution in [0.2, 0.25) is 0 Å². The third-order valence-electron chi connectivity index (χ3n) is 2.84. The number of hydrogen-bond donors (Lipinski definition) is 2. The Hall–Kier alpha value is -2.00. The minimum Gasteiger partial charge on any atom is -0.397 e. The molecule has 0 unspecified atom stereocenters. The normalized spacial score (nSPS) is 16.2. The molecule has 1 aromatic carbocycles. The van der Waals surface area contributed by atoms with E-state index >= 15 is 0 Å². The van der Waals surface area contributed by atoms with Crippen LogP contribution in [0, 0.1) is 0 Å². The van der Waals surface area contributed by atoms with Gasteiger partial charge in [-0.1, -0.05) is 36.9 Å². The van der Waals surface area contributed by atoms with Crippen LogP contribution in [0.3, 0.4) is 0 Å². The highest BCUT2D eigenvalue weighted by atomic mass is 15.5. The minimum atomic E-state index is 0.691. The molecule has 1 aliphatic rings. The Morgan fingerprint density at radius 3 is 2.47 bits per heavy atom. The van der Waals surface area contributed by atoms with E-state index in [1.807, 2.05) is 43.3 Å². The average molecular weight is 227 g/mol. The van der Waals surface area contributed by atoms with Gasteiger partial charge in [0.1, 0.15) is 0 Å². The van der Waals surface area contributed by atoms with Gasteiger partial charge in [0.05, 0.1) is 17.1 Å². The summed E-state index contributed by atoms with van der Waals surface area (Å²) >= 11 is 0. The van der Waals surface area contributed by atoms with Gasteiger partial charge in [0.15, 0.2) is 0 Å². The van der Waals surface area contributed by atoms with Crippen LogP contribution in [0.25, 0.3) is 5.70 Å². The lowest BCUT2D eigenvalue weighted by atomic mass is 10.0. The zero-order chi connectivity index (χ0) is 12.4. The standard InChI is InChI=1S/C14H17N3/c1-10-9-13(15)11(2)17(16-3)14(10)12-7-5-4-6-8-12/h4-9,16H,2,15H2,1,3H3. The molecule has 1 aliphatic heterocycles. The van der Waals surface area contributed by atoms with E-state index in [1.54, 1.807) is 0 Å². The zero-order valence-electron chi connectivity index (χ0n) is 10.2. The minimum absolute atomic E-state index is 0.691. The Labute approximate surface area is 102 Å². The van der Waals surface area contributed by atoms with Crippen molar-refractivity contribution in [1.82, 2.24) is 10.4 Å². The average Bonchev–Trinajstić information content (AvgIpc) is 2.34. The molecule has 3 heteroatoms. The molecule has 17 heavy (non-hydrogen) atoms. The van der Waals surface area contributed by atoms with Crippen LogP contribution >= 0.6 is 0 Å². The monoisotopic (exact) mass is 227 g/mol. The second-order valence-corrected chi connectivity index (χ2v) is 4.00. The molecular formula is C14H17N3. The van der Waals surface area contributed by atoms with Crippen molar-refractivity contribution in [2.75, 3.05) is 7.05 Å². The van der Waals surface area contributed by atoms with Crippen molar-refractivity contribution in [1.29, 1.82) is 0 Å². The topological polar surface area (TPSA) is 41.3 Å². The Bertz CT molecular complexity index is 497. The van der Waals surface area contributed by atoms with Crippen molar-refractivity contribution in [2.24, 2.45) is 5.73 Å². The fourth-order valence-corrected chi connectivity index (χ4v) is 2.02. The van der Waals surface area contributed by atoms with Crippen LogP contribution in [0.4, 0.5) is 0 Å². The number of nitrogens with two attached hydrogens (primary N) is 1. The molecule has 88 valence electrons. The molecular weight excluding hydrogens is 210 g/mol. The van der Waals surface area contributed by atoms with Crippen LogP contribution in [-0.4, -0.2) is 12.1 Å². The first-order valence-corrected chi connectivity index (χ1v) is 5.55. The number of hydrazine groups is 1. The van der Waals surface area contributed by atoms with Crippen LogP contribution < -0.4 is 11.2 Å². The molecule has 1 aromatic rings. The molecule has 0 saturated heterocycles. The van der Waals surface area contributed by atoms with Crippen molar-refractivity contribution in [3.05, 3.63) is 65.5 Å². The fourth-order valence-electron chi connectivity index (χ4n) is 2.02. The number of benzene rings is 1. The molecule has 0 spiro atoms. The maximum absolute atomic E-state index is 5.92. The summed E-state index contributed by atoms with van der Waals surface area (Å²) in [5, 5.41) is 1.92. The number of nitrogens with one attached hydrogen (secondary N) is 1. The first-order chi connectivity index (χ1) is 8.15. The van der Waals surface area contributed by atoms with Crippen LogP contribution in [0.5, 0.6) is 0 Å². The van der Waals surface area contributed by atoms with E-state index in [-0.39, 0.29) is 0 Å². The molecule has 0 saturated carbocycles. The molecule has 2 rings (SSSR count). The van der Waals surface area contributed by atoms with Gasteiger partial charge >= 0.3 is 0 Å². The lowest BCUT2D eigenvalue weighted by Crippen LogP contribution is -2.36. The third kappa shape index (κ3) is 1.97. The summed E-state index contributed by atoms with van der Waals surface area (Å²) in [5.74, 6) is 0. The second kappa shape index (κ2) is 4.47. The lowest BCUT2D eigenvalue weighted by Gasteiger charge is -2.32. The summed E-state index contributed by atoms with van der Waals surface area (Å²) in [4.78, 5) is 0. The van der Waals surface area contributed by atoms with Gasteiger partial charge in [-0.3, -0.25) is 5.01 Å². The first-order valence-electron chi connectivity index (χ1n) is 5.55. The molecule has 3 nitrogen and oxygen atoms in total. The maximum atomic E-state index is 5.92. The predicted octanol–water partition coefficient (Wildman–Crippen LogP) is 2.22. The predicted molar refractivity (Wildman–Crippen MR) is 71.3 cm³/mol. The van der Waals surface area contributed by atoms with Crippen molar-refractivity contribution < 1.29 is 0 Å². The van der Waals surface area contributed by atoms with Gasteiger partial charge in [-0.2, -0.15) is 0 Å². The van der Waals surface area contributed by atoms with Gasteiger partial charge in [-0.05, 0) is 24.1 Å². The van der Waals surface area contributed by atoms with E-state index in [1.165, 1.54) is 0 Å². The summed E-state index contributed by atoms with van der Waals surface area (Å²) in [6.45, 7) is 6.04. The summed E-state index contributed by atoms with van der Waals surface area (Å²) in [6.07, 6.45) is 1.96. The number of allylic oxidation sites excluding steroid dienone is 2. The van der Waals surface area contributed by atoms with Crippen LogP contribution in [0.15, 0.2) is 60.0 Å². The van der Waals surface area contributed by atoms with E-state index in [0.717, 1.165) is 22.5 Å². The summed E-state index contributed by atoms with van der Waals surface area (Å²) in [7, 11) is 1.86. The molecule has 0 bridgehead atoms. The van der Waals surface area contributed by atoms with Crippen molar-refractivity contribution in [3.63, 3.8) is 0 Å². The molecule has 1 heterocycles. The van der Waals surface area contributed by atoms with Crippen LogP contribution in [0.1, 0.15) is 12.5 Å². The van der Waals surface area contributed by atoms with Gasteiger partial charge in [-0.25, -0.2) is 5.43 Å². The quantitative estimate of drug-likeness (QED) is 0.814. The molecule has 0 fully saturated rings. The second-order valence-electron chi connectivity index (χ2n) is 4.00. The summed E-state index contributed by atoms with van der Waals surface area (Å²) in [6, 6.07) is 10.2. The van der Waals surface area contributed by atoms with E-state index < -0.39 is 0 Å². The Kier molecular flexibility index (Phi) is 3.02. The van der Waals surface area contributed by atoms with Crippen molar-refractivity contribution in [3.8, 4) is 0 Å². The smallest absolute Gasteiger partial charge is 0.0735 e. The highest BCUT2D eigenvalue weighted by Crippen LogP contribution is 2.30. The molecule has 3 N–H and O–H groups in total. The highest BCUT2D eigenvalue weighted by molar-refractivity contribution is 5.73. The lowest BCUT2D eigenvalue weighted by molar-refractivity contribution is 0.397. The van der Waals surface area contributed by atoms with Gasteiger partial charge in [-0.15, -0.1) is 0 Å². The fraction of sp³-hybridized carbons (Fsp3) is 0.143. The zero-order valence-corrected chi connectivity index (χ0v) is 10.2. The van der Waals surface area contributed by atoms with E-state index in [4.69, 9.17) is 5.73 Å². The molecule has 0 radical (unpaired) electrons. The van der Waals surface area contributed by atoms with E-state index in [9.17, 15) is 0 Å². The summed E-state index contributed by atoms with van der Waals surface area (Å²) in [5.41, 5.74) is 13.9. The van der Waals surface area contributed by atoms with Gasteiger partial charge in [0.2, 0.25) is 0 Å². The van der Waals surface area contributed by atoms with Crippen LogP contribution in [-0.2, 0) is 0 Å².